The highest BCUT2D eigenvalue weighted by Gasteiger charge is 2.02. The van der Waals surface area contributed by atoms with E-state index in [1.54, 1.807) is 0 Å². The van der Waals surface area contributed by atoms with Gasteiger partial charge in [-0.05, 0) is 31.2 Å². The van der Waals surface area contributed by atoms with Crippen LogP contribution in [0.1, 0.15) is 24.8 Å². The van der Waals surface area contributed by atoms with Crippen molar-refractivity contribution in [3.8, 4) is 0 Å². The van der Waals surface area contributed by atoms with Crippen molar-refractivity contribution in [2.75, 3.05) is 0 Å². The SMILES string of the molecule is C=CCCC(I)CCc1ccccc1. The molecule has 1 rings (SSSR count). The number of halogens is 1. The summed E-state index contributed by atoms with van der Waals surface area (Å²) in [5.74, 6) is 0. The third-order valence-electron chi connectivity index (χ3n) is 2.27. The molecule has 1 aromatic carbocycles. The topological polar surface area (TPSA) is 0 Å². The Kier molecular flexibility index (Phi) is 5.92. The Hall–Kier alpha value is -0.310. The summed E-state index contributed by atoms with van der Waals surface area (Å²) in [7, 11) is 0. The van der Waals surface area contributed by atoms with Gasteiger partial charge in [0, 0.05) is 3.92 Å². The summed E-state index contributed by atoms with van der Waals surface area (Å²) in [5.41, 5.74) is 1.45. The normalized spacial score (nSPS) is 12.4. The van der Waals surface area contributed by atoms with Crippen LogP contribution in [0.5, 0.6) is 0 Å². The van der Waals surface area contributed by atoms with Crippen LogP contribution in [0.4, 0.5) is 0 Å². The molecule has 0 fully saturated rings. The van der Waals surface area contributed by atoms with Crippen molar-refractivity contribution in [3.63, 3.8) is 0 Å². The maximum Gasteiger partial charge on any atom is 0.0116 e. The van der Waals surface area contributed by atoms with Gasteiger partial charge in [0.25, 0.3) is 0 Å². The van der Waals surface area contributed by atoms with Gasteiger partial charge < -0.3 is 0 Å². The van der Waals surface area contributed by atoms with E-state index in [0.29, 0.717) is 0 Å². The number of hydrogen-bond acceptors (Lipinski definition) is 0. The smallest absolute Gasteiger partial charge is 0.0116 e. The fraction of sp³-hybridized carbons (Fsp3) is 0.385. The molecule has 0 aliphatic carbocycles. The molecule has 0 aliphatic heterocycles. The third kappa shape index (κ3) is 4.80. The molecule has 0 aromatic heterocycles. The lowest BCUT2D eigenvalue weighted by Gasteiger charge is -2.07. The van der Waals surface area contributed by atoms with Crippen molar-refractivity contribution < 1.29 is 0 Å². The second kappa shape index (κ2) is 7.04. The molecule has 0 radical (unpaired) electrons. The van der Waals surface area contributed by atoms with Crippen molar-refractivity contribution in [2.24, 2.45) is 0 Å². The van der Waals surface area contributed by atoms with Crippen LogP contribution in [0.3, 0.4) is 0 Å². The number of benzene rings is 1. The number of aryl methyl sites for hydroxylation is 1. The lowest BCUT2D eigenvalue weighted by Crippen LogP contribution is -1.99. The molecule has 0 spiro atoms. The summed E-state index contributed by atoms with van der Waals surface area (Å²) in [6.07, 6.45) is 6.89. The highest BCUT2D eigenvalue weighted by Crippen LogP contribution is 2.16. The minimum Gasteiger partial charge on any atom is -0.103 e. The second-order valence-corrected chi connectivity index (χ2v) is 5.25. The van der Waals surface area contributed by atoms with Gasteiger partial charge in [-0.25, -0.2) is 0 Å². The summed E-state index contributed by atoms with van der Waals surface area (Å²) in [5, 5.41) is 0. The zero-order chi connectivity index (χ0) is 10.2. The van der Waals surface area contributed by atoms with E-state index >= 15 is 0 Å². The zero-order valence-corrected chi connectivity index (χ0v) is 10.6. The molecule has 0 bridgehead atoms. The van der Waals surface area contributed by atoms with Crippen LogP contribution in [0, 0.1) is 0 Å². The largest absolute Gasteiger partial charge is 0.103 e. The Morgan fingerprint density at radius 2 is 1.93 bits per heavy atom. The first-order valence-electron chi connectivity index (χ1n) is 5.12. The Morgan fingerprint density at radius 1 is 1.21 bits per heavy atom. The Bertz CT molecular complexity index is 253. The summed E-state index contributed by atoms with van der Waals surface area (Å²) < 4.78 is 0.783. The summed E-state index contributed by atoms with van der Waals surface area (Å²) in [4.78, 5) is 0. The molecule has 76 valence electrons. The fourth-order valence-electron chi connectivity index (χ4n) is 1.41. The van der Waals surface area contributed by atoms with Gasteiger partial charge in [0.05, 0.1) is 0 Å². The van der Waals surface area contributed by atoms with E-state index in [-0.39, 0.29) is 0 Å². The van der Waals surface area contributed by atoms with Gasteiger partial charge in [-0.3, -0.25) is 0 Å². The highest BCUT2D eigenvalue weighted by atomic mass is 127. The lowest BCUT2D eigenvalue weighted by molar-refractivity contribution is 0.727. The number of rotatable bonds is 6. The first-order valence-corrected chi connectivity index (χ1v) is 6.36. The minimum atomic E-state index is 0.783. The van der Waals surface area contributed by atoms with Gasteiger partial charge in [0.15, 0.2) is 0 Å². The van der Waals surface area contributed by atoms with E-state index in [1.807, 2.05) is 6.08 Å². The Morgan fingerprint density at radius 3 is 2.57 bits per heavy atom. The first-order chi connectivity index (χ1) is 6.83. The van der Waals surface area contributed by atoms with Crippen LogP contribution in [0.25, 0.3) is 0 Å². The van der Waals surface area contributed by atoms with E-state index in [1.165, 1.54) is 24.8 Å². The summed E-state index contributed by atoms with van der Waals surface area (Å²) in [6.45, 7) is 3.75. The molecule has 0 amide bonds. The van der Waals surface area contributed by atoms with E-state index in [4.69, 9.17) is 0 Å². The fourth-order valence-corrected chi connectivity index (χ4v) is 2.08. The van der Waals surface area contributed by atoms with Gasteiger partial charge in [-0.1, -0.05) is 59.0 Å². The molecule has 0 nitrogen and oxygen atoms in total. The van der Waals surface area contributed by atoms with E-state index in [2.05, 4.69) is 59.5 Å². The lowest BCUT2D eigenvalue weighted by atomic mass is 10.1. The summed E-state index contributed by atoms with van der Waals surface area (Å²) in [6, 6.07) is 10.7. The summed E-state index contributed by atoms with van der Waals surface area (Å²) >= 11 is 2.54. The van der Waals surface area contributed by atoms with Crippen molar-refractivity contribution in [2.45, 2.75) is 29.6 Å². The van der Waals surface area contributed by atoms with E-state index < -0.39 is 0 Å². The molecular weight excluding hydrogens is 283 g/mol. The molecule has 1 atom stereocenters. The van der Waals surface area contributed by atoms with Gasteiger partial charge in [-0.2, -0.15) is 0 Å². The predicted molar refractivity (Wildman–Crippen MR) is 72.0 cm³/mol. The number of hydrogen-bond donors (Lipinski definition) is 0. The molecule has 0 N–H and O–H groups in total. The van der Waals surface area contributed by atoms with Crippen molar-refractivity contribution in [1.82, 2.24) is 0 Å². The van der Waals surface area contributed by atoms with Crippen LogP contribution in [0.2, 0.25) is 0 Å². The molecular formula is C13H17I. The number of allylic oxidation sites excluding steroid dienone is 1. The average Bonchev–Trinajstić information content (AvgIpc) is 2.25. The average molecular weight is 300 g/mol. The minimum absolute atomic E-state index is 0.783. The quantitative estimate of drug-likeness (QED) is 0.415. The monoisotopic (exact) mass is 300 g/mol. The molecule has 0 aliphatic rings. The Balaban J connectivity index is 2.23. The van der Waals surface area contributed by atoms with Crippen molar-refractivity contribution >= 4 is 22.6 Å². The first kappa shape index (κ1) is 11.8. The predicted octanol–water partition coefficient (Wildman–Crippen LogP) is 4.39. The van der Waals surface area contributed by atoms with Crippen molar-refractivity contribution in [3.05, 3.63) is 48.6 Å². The second-order valence-electron chi connectivity index (χ2n) is 3.49. The molecule has 0 saturated heterocycles. The van der Waals surface area contributed by atoms with Crippen LogP contribution in [-0.2, 0) is 6.42 Å². The maximum absolute atomic E-state index is 3.75. The van der Waals surface area contributed by atoms with E-state index in [0.717, 1.165) is 10.3 Å². The molecule has 0 saturated carbocycles. The molecule has 14 heavy (non-hydrogen) atoms. The van der Waals surface area contributed by atoms with Gasteiger partial charge in [0.2, 0.25) is 0 Å². The molecule has 1 aromatic rings. The van der Waals surface area contributed by atoms with Crippen LogP contribution in [0.15, 0.2) is 43.0 Å². The maximum atomic E-state index is 3.75. The highest BCUT2D eigenvalue weighted by molar-refractivity contribution is 14.1. The molecule has 1 heteroatoms. The van der Waals surface area contributed by atoms with Crippen LogP contribution < -0.4 is 0 Å². The molecule has 0 heterocycles. The van der Waals surface area contributed by atoms with E-state index in [9.17, 15) is 0 Å². The number of alkyl halides is 1. The van der Waals surface area contributed by atoms with Gasteiger partial charge in [-0.15, -0.1) is 6.58 Å². The van der Waals surface area contributed by atoms with Gasteiger partial charge >= 0.3 is 0 Å². The van der Waals surface area contributed by atoms with Crippen molar-refractivity contribution in [1.29, 1.82) is 0 Å². The van der Waals surface area contributed by atoms with Gasteiger partial charge in [0.1, 0.15) is 0 Å². The zero-order valence-electron chi connectivity index (χ0n) is 8.45. The Labute approximate surface area is 101 Å². The standard InChI is InChI=1S/C13H17I/c1-2-3-9-13(14)11-10-12-7-5-4-6-8-12/h2,4-8,13H,1,3,9-11H2. The molecule has 1 unspecified atom stereocenters. The van der Waals surface area contributed by atoms with Crippen LogP contribution >= 0.6 is 22.6 Å². The van der Waals surface area contributed by atoms with Crippen LogP contribution in [-0.4, -0.2) is 3.92 Å². The third-order valence-corrected chi connectivity index (χ3v) is 3.52.